The van der Waals surface area contributed by atoms with Crippen molar-refractivity contribution in [2.24, 2.45) is 5.92 Å². The first kappa shape index (κ1) is 15.7. The molecule has 4 heteroatoms. The van der Waals surface area contributed by atoms with Gasteiger partial charge in [0, 0.05) is 11.7 Å². The molecule has 1 atom stereocenters. The molecule has 1 aromatic carbocycles. The molecule has 1 saturated carbocycles. The maximum Gasteiger partial charge on any atom is 0.253 e. The number of carbonyl (C=O) groups is 1. The third-order valence-electron chi connectivity index (χ3n) is 4.48. The normalized spacial score (nSPS) is 17.2. The van der Waals surface area contributed by atoms with Crippen molar-refractivity contribution in [2.45, 2.75) is 51.5 Å². The van der Waals surface area contributed by atoms with Crippen LogP contribution in [0.1, 0.15) is 55.8 Å². The Balaban J connectivity index is 2.08. The van der Waals surface area contributed by atoms with E-state index in [0.29, 0.717) is 22.9 Å². The number of hydrogen-bond donors (Lipinski definition) is 2. The fourth-order valence-corrected chi connectivity index (χ4v) is 3.19. The van der Waals surface area contributed by atoms with Crippen LogP contribution >= 0.6 is 0 Å². The van der Waals surface area contributed by atoms with Crippen molar-refractivity contribution in [2.75, 3.05) is 12.8 Å². The minimum absolute atomic E-state index is 0.0937. The SMILES string of the molecule is CCC(NC(=O)c1cc(OC)ccc1N)C1CCCCC1. The number of rotatable bonds is 5. The highest BCUT2D eigenvalue weighted by Gasteiger charge is 2.24. The Labute approximate surface area is 127 Å². The van der Waals surface area contributed by atoms with Gasteiger partial charge in [-0.3, -0.25) is 4.79 Å². The summed E-state index contributed by atoms with van der Waals surface area (Å²) in [6.07, 6.45) is 7.26. The monoisotopic (exact) mass is 290 g/mol. The summed E-state index contributed by atoms with van der Waals surface area (Å²) < 4.78 is 5.17. The van der Waals surface area contributed by atoms with Crippen LogP contribution in [0.4, 0.5) is 5.69 Å². The molecule has 1 amide bonds. The van der Waals surface area contributed by atoms with Crippen LogP contribution in [0, 0.1) is 5.92 Å². The van der Waals surface area contributed by atoms with Crippen molar-refractivity contribution in [1.29, 1.82) is 0 Å². The lowest BCUT2D eigenvalue weighted by molar-refractivity contribution is 0.0911. The number of anilines is 1. The topological polar surface area (TPSA) is 64.3 Å². The van der Waals surface area contributed by atoms with Crippen LogP contribution in [-0.2, 0) is 0 Å². The van der Waals surface area contributed by atoms with Gasteiger partial charge in [0.05, 0.1) is 12.7 Å². The van der Waals surface area contributed by atoms with Crippen LogP contribution in [-0.4, -0.2) is 19.1 Å². The van der Waals surface area contributed by atoms with Crippen LogP contribution in [0.3, 0.4) is 0 Å². The molecule has 0 aromatic heterocycles. The molecular weight excluding hydrogens is 264 g/mol. The highest BCUT2D eigenvalue weighted by Crippen LogP contribution is 2.28. The Morgan fingerprint density at radius 3 is 2.71 bits per heavy atom. The molecule has 0 spiro atoms. The summed E-state index contributed by atoms with van der Waals surface area (Å²) >= 11 is 0. The number of carbonyl (C=O) groups excluding carboxylic acids is 1. The molecule has 1 unspecified atom stereocenters. The van der Waals surface area contributed by atoms with Gasteiger partial charge in [-0.25, -0.2) is 0 Å². The van der Waals surface area contributed by atoms with Gasteiger partial charge in [-0.2, -0.15) is 0 Å². The van der Waals surface area contributed by atoms with Crippen LogP contribution in [0.2, 0.25) is 0 Å². The summed E-state index contributed by atoms with van der Waals surface area (Å²) in [5.74, 6) is 1.16. The van der Waals surface area contributed by atoms with E-state index in [1.807, 2.05) is 0 Å². The van der Waals surface area contributed by atoms with Crippen molar-refractivity contribution in [1.82, 2.24) is 5.32 Å². The minimum Gasteiger partial charge on any atom is -0.497 e. The fraction of sp³-hybridized carbons (Fsp3) is 0.588. The number of methoxy groups -OCH3 is 1. The van der Waals surface area contributed by atoms with Gasteiger partial charge in [-0.15, -0.1) is 0 Å². The van der Waals surface area contributed by atoms with Crippen LogP contribution in [0.25, 0.3) is 0 Å². The molecule has 3 N–H and O–H groups in total. The second-order valence-electron chi connectivity index (χ2n) is 5.84. The number of amides is 1. The van der Waals surface area contributed by atoms with Gasteiger partial charge < -0.3 is 15.8 Å². The number of hydrogen-bond acceptors (Lipinski definition) is 3. The standard InChI is InChI=1S/C17H26N2O2/c1-3-16(12-7-5-4-6-8-12)19-17(20)14-11-13(21-2)9-10-15(14)18/h9-12,16H,3-8,18H2,1-2H3,(H,19,20). The van der Waals surface area contributed by atoms with Gasteiger partial charge in [0.1, 0.15) is 5.75 Å². The lowest BCUT2D eigenvalue weighted by Gasteiger charge is -2.30. The molecule has 1 fully saturated rings. The third-order valence-corrected chi connectivity index (χ3v) is 4.48. The van der Waals surface area contributed by atoms with Crippen LogP contribution in [0.5, 0.6) is 5.75 Å². The molecule has 0 saturated heterocycles. The predicted molar refractivity (Wildman–Crippen MR) is 85.5 cm³/mol. The molecule has 0 aliphatic heterocycles. The van der Waals surface area contributed by atoms with Crippen LogP contribution < -0.4 is 15.8 Å². The van der Waals surface area contributed by atoms with Crippen molar-refractivity contribution in [3.8, 4) is 5.75 Å². The zero-order valence-electron chi connectivity index (χ0n) is 13.0. The zero-order valence-corrected chi connectivity index (χ0v) is 13.0. The first-order chi connectivity index (χ1) is 10.2. The summed E-state index contributed by atoms with van der Waals surface area (Å²) in [5.41, 5.74) is 6.92. The highest BCUT2D eigenvalue weighted by molar-refractivity contribution is 5.99. The summed E-state index contributed by atoms with van der Waals surface area (Å²) in [4.78, 5) is 12.5. The number of nitrogens with one attached hydrogen (secondary N) is 1. The van der Waals surface area contributed by atoms with E-state index in [4.69, 9.17) is 10.5 Å². The summed E-state index contributed by atoms with van der Waals surface area (Å²) in [7, 11) is 1.59. The van der Waals surface area contributed by atoms with E-state index in [0.717, 1.165) is 6.42 Å². The van der Waals surface area contributed by atoms with E-state index in [9.17, 15) is 4.79 Å². The number of benzene rings is 1. The molecular formula is C17H26N2O2. The summed E-state index contributed by atoms with van der Waals surface area (Å²) in [6, 6.07) is 5.43. The largest absolute Gasteiger partial charge is 0.497 e. The van der Waals surface area contributed by atoms with Gasteiger partial charge >= 0.3 is 0 Å². The van der Waals surface area contributed by atoms with E-state index >= 15 is 0 Å². The van der Waals surface area contributed by atoms with Gasteiger partial charge in [0.2, 0.25) is 0 Å². The Hall–Kier alpha value is -1.71. The fourth-order valence-electron chi connectivity index (χ4n) is 3.19. The van der Waals surface area contributed by atoms with Crippen molar-refractivity contribution in [3.63, 3.8) is 0 Å². The van der Waals surface area contributed by atoms with Gasteiger partial charge in [0.15, 0.2) is 0 Å². The first-order valence-electron chi connectivity index (χ1n) is 7.90. The highest BCUT2D eigenvalue weighted by atomic mass is 16.5. The zero-order chi connectivity index (χ0) is 15.2. The molecule has 0 bridgehead atoms. The van der Waals surface area contributed by atoms with Crippen molar-refractivity contribution in [3.05, 3.63) is 23.8 Å². The molecule has 0 heterocycles. The third kappa shape index (κ3) is 3.90. The Morgan fingerprint density at radius 1 is 1.38 bits per heavy atom. The lowest BCUT2D eigenvalue weighted by atomic mass is 9.83. The molecule has 1 aliphatic rings. The molecule has 1 aromatic rings. The van der Waals surface area contributed by atoms with Crippen molar-refractivity contribution < 1.29 is 9.53 Å². The number of nitrogen functional groups attached to an aromatic ring is 1. The van der Waals surface area contributed by atoms with E-state index in [2.05, 4.69) is 12.2 Å². The minimum atomic E-state index is -0.0937. The first-order valence-corrected chi connectivity index (χ1v) is 7.90. The molecule has 2 rings (SSSR count). The number of nitrogens with two attached hydrogens (primary N) is 1. The Bertz CT molecular complexity index is 482. The predicted octanol–water partition coefficient (Wildman–Crippen LogP) is 3.37. The van der Waals surface area contributed by atoms with Gasteiger partial charge in [-0.1, -0.05) is 26.2 Å². The molecule has 1 aliphatic carbocycles. The average molecular weight is 290 g/mol. The average Bonchev–Trinajstić information content (AvgIpc) is 2.53. The van der Waals surface area contributed by atoms with E-state index < -0.39 is 0 Å². The summed E-state index contributed by atoms with van der Waals surface area (Å²) in [5, 5.41) is 3.17. The van der Waals surface area contributed by atoms with Gasteiger partial charge in [0.25, 0.3) is 5.91 Å². The number of ether oxygens (including phenoxy) is 1. The second-order valence-corrected chi connectivity index (χ2v) is 5.84. The molecule has 0 radical (unpaired) electrons. The lowest BCUT2D eigenvalue weighted by Crippen LogP contribution is -2.40. The maximum absolute atomic E-state index is 12.5. The Kier molecular flexibility index (Phi) is 5.48. The molecule has 21 heavy (non-hydrogen) atoms. The van der Waals surface area contributed by atoms with Crippen molar-refractivity contribution >= 4 is 11.6 Å². The summed E-state index contributed by atoms with van der Waals surface area (Å²) in [6.45, 7) is 2.13. The Morgan fingerprint density at radius 2 is 2.10 bits per heavy atom. The molecule has 116 valence electrons. The molecule has 4 nitrogen and oxygen atoms in total. The maximum atomic E-state index is 12.5. The smallest absolute Gasteiger partial charge is 0.253 e. The quantitative estimate of drug-likeness (QED) is 0.817. The second kappa shape index (κ2) is 7.34. The van der Waals surface area contributed by atoms with E-state index in [-0.39, 0.29) is 11.9 Å². The van der Waals surface area contributed by atoms with Gasteiger partial charge in [-0.05, 0) is 43.4 Å². The van der Waals surface area contributed by atoms with E-state index in [1.54, 1.807) is 25.3 Å². The van der Waals surface area contributed by atoms with Crippen LogP contribution in [0.15, 0.2) is 18.2 Å². The van der Waals surface area contributed by atoms with E-state index in [1.165, 1.54) is 32.1 Å².